The van der Waals surface area contributed by atoms with Crippen molar-refractivity contribution in [1.82, 2.24) is 0 Å². The minimum atomic E-state index is -0.748. The minimum Gasteiger partial charge on any atom is -0.481 e. The second-order valence-corrected chi connectivity index (χ2v) is 4.52. The van der Waals surface area contributed by atoms with Crippen molar-refractivity contribution >= 4 is 11.6 Å². The fraction of sp³-hybridized carbons (Fsp3) is 0.188. The zero-order valence-corrected chi connectivity index (χ0v) is 11.5. The number of hydrogen-bond acceptors (Lipinski definition) is 3. The SMILES string of the molecule is CC(Oc1ccc(F)cc1)C(=O)Nc1ccccc1CO. The van der Waals surface area contributed by atoms with Crippen molar-refractivity contribution in [2.45, 2.75) is 19.6 Å². The lowest BCUT2D eigenvalue weighted by molar-refractivity contribution is -0.122. The van der Waals surface area contributed by atoms with E-state index < -0.39 is 6.10 Å². The van der Waals surface area contributed by atoms with Gasteiger partial charge in [0.15, 0.2) is 6.10 Å². The number of anilines is 1. The molecule has 0 heterocycles. The highest BCUT2D eigenvalue weighted by atomic mass is 19.1. The number of hydrogen-bond donors (Lipinski definition) is 2. The first-order chi connectivity index (χ1) is 10.1. The van der Waals surface area contributed by atoms with Gasteiger partial charge in [0.05, 0.1) is 6.61 Å². The molecule has 4 nitrogen and oxygen atoms in total. The summed E-state index contributed by atoms with van der Waals surface area (Å²) in [5.74, 6) is -0.300. The molecular formula is C16H16FNO3. The van der Waals surface area contributed by atoms with Gasteiger partial charge in [-0.15, -0.1) is 0 Å². The van der Waals surface area contributed by atoms with Crippen LogP contribution in [0.3, 0.4) is 0 Å². The van der Waals surface area contributed by atoms with Crippen molar-refractivity contribution in [1.29, 1.82) is 0 Å². The first-order valence-corrected chi connectivity index (χ1v) is 6.52. The Morgan fingerprint density at radius 2 is 1.90 bits per heavy atom. The lowest BCUT2D eigenvalue weighted by Crippen LogP contribution is -2.30. The van der Waals surface area contributed by atoms with Crippen LogP contribution in [-0.2, 0) is 11.4 Å². The van der Waals surface area contributed by atoms with Gasteiger partial charge in [-0.1, -0.05) is 18.2 Å². The monoisotopic (exact) mass is 289 g/mol. The number of aliphatic hydroxyl groups is 1. The Bertz CT molecular complexity index is 613. The molecule has 0 saturated heterocycles. The number of rotatable bonds is 5. The average molecular weight is 289 g/mol. The maximum atomic E-state index is 12.8. The lowest BCUT2D eigenvalue weighted by atomic mass is 10.2. The molecule has 5 heteroatoms. The van der Waals surface area contributed by atoms with E-state index in [-0.39, 0.29) is 18.3 Å². The van der Waals surface area contributed by atoms with Crippen LogP contribution < -0.4 is 10.1 Å². The molecule has 1 unspecified atom stereocenters. The van der Waals surface area contributed by atoms with Crippen LogP contribution in [-0.4, -0.2) is 17.1 Å². The quantitative estimate of drug-likeness (QED) is 0.889. The van der Waals surface area contributed by atoms with Gasteiger partial charge >= 0.3 is 0 Å². The third-order valence-electron chi connectivity index (χ3n) is 2.94. The first-order valence-electron chi connectivity index (χ1n) is 6.52. The molecule has 0 bridgehead atoms. The summed E-state index contributed by atoms with van der Waals surface area (Å²) in [6, 6.07) is 12.4. The molecule has 21 heavy (non-hydrogen) atoms. The molecule has 0 saturated carbocycles. The summed E-state index contributed by atoms with van der Waals surface area (Å²) in [7, 11) is 0. The van der Waals surface area contributed by atoms with Crippen LogP contribution in [0.25, 0.3) is 0 Å². The van der Waals surface area contributed by atoms with E-state index in [1.165, 1.54) is 24.3 Å². The second kappa shape index (κ2) is 6.85. The maximum absolute atomic E-state index is 12.8. The summed E-state index contributed by atoms with van der Waals surface area (Å²) in [5, 5.41) is 11.9. The molecule has 0 spiro atoms. The van der Waals surface area contributed by atoms with Crippen LogP contribution in [0.2, 0.25) is 0 Å². The van der Waals surface area contributed by atoms with Crippen molar-refractivity contribution in [3.63, 3.8) is 0 Å². The van der Waals surface area contributed by atoms with Gasteiger partial charge < -0.3 is 15.2 Å². The standard InChI is InChI=1S/C16H16FNO3/c1-11(21-14-8-6-13(17)7-9-14)16(20)18-15-5-3-2-4-12(15)10-19/h2-9,11,19H,10H2,1H3,(H,18,20). The Morgan fingerprint density at radius 3 is 2.57 bits per heavy atom. The second-order valence-electron chi connectivity index (χ2n) is 4.52. The Balaban J connectivity index is 2.01. The number of carbonyl (C=O) groups excluding carboxylic acids is 1. The molecule has 2 aromatic carbocycles. The predicted molar refractivity (Wildman–Crippen MR) is 77.5 cm³/mol. The molecule has 0 fully saturated rings. The normalized spacial score (nSPS) is 11.8. The molecule has 2 rings (SSSR count). The Morgan fingerprint density at radius 1 is 1.24 bits per heavy atom. The van der Waals surface area contributed by atoms with Crippen molar-refractivity contribution in [3.05, 3.63) is 59.9 Å². The summed E-state index contributed by atoms with van der Waals surface area (Å²) in [4.78, 5) is 12.1. The van der Waals surface area contributed by atoms with Crippen molar-refractivity contribution < 1.29 is 19.0 Å². The van der Waals surface area contributed by atoms with Gasteiger partial charge in [-0.25, -0.2) is 4.39 Å². The highest BCUT2D eigenvalue weighted by Gasteiger charge is 2.16. The van der Waals surface area contributed by atoms with Gasteiger partial charge in [-0.2, -0.15) is 0 Å². The molecule has 1 atom stereocenters. The number of halogens is 1. The van der Waals surface area contributed by atoms with E-state index in [1.807, 2.05) is 0 Å². The molecule has 110 valence electrons. The maximum Gasteiger partial charge on any atom is 0.265 e. The fourth-order valence-corrected chi connectivity index (χ4v) is 1.79. The Kier molecular flexibility index (Phi) is 4.90. The number of ether oxygens (including phenoxy) is 1. The van der Waals surface area contributed by atoms with E-state index in [4.69, 9.17) is 4.74 Å². The van der Waals surface area contributed by atoms with E-state index in [2.05, 4.69) is 5.32 Å². The number of benzene rings is 2. The van der Waals surface area contributed by atoms with Gasteiger partial charge in [-0.05, 0) is 37.3 Å². The van der Waals surface area contributed by atoms with Crippen molar-refractivity contribution in [3.8, 4) is 5.75 Å². The minimum absolute atomic E-state index is 0.163. The number of aliphatic hydroxyl groups excluding tert-OH is 1. The van der Waals surface area contributed by atoms with Gasteiger partial charge in [0, 0.05) is 11.3 Å². The van der Waals surface area contributed by atoms with Crippen LogP contribution in [0.5, 0.6) is 5.75 Å². The van der Waals surface area contributed by atoms with E-state index in [0.717, 1.165) is 0 Å². The van der Waals surface area contributed by atoms with E-state index in [9.17, 15) is 14.3 Å². The third kappa shape index (κ3) is 4.03. The molecular weight excluding hydrogens is 273 g/mol. The molecule has 0 aliphatic heterocycles. The summed E-state index contributed by atoms with van der Waals surface area (Å²) in [6.07, 6.45) is -0.748. The summed E-state index contributed by atoms with van der Waals surface area (Å²) < 4.78 is 18.2. The third-order valence-corrected chi connectivity index (χ3v) is 2.94. The van der Waals surface area contributed by atoms with Crippen molar-refractivity contribution in [2.75, 3.05) is 5.32 Å². The molecule has 0 aliphatic carbocycles. The highest BCUT2D eigenvalue weighted by Crippen LogP contribution is 2.17. The van der Waals surface area contributed by atoms with E-state index in [0.29, 0.717) is 17.0 Å². The van der Waals surface area contributed by atoms with Crippen LogP contribution in [0.1, 0.15) is 12.5 Å². The molecule has 2 aromatic rings. The number of carbonyl (C=O) groups is 1. The van der Waals surface area contributed by atoms with Crippen LogP contribution in [0.15, 0.2) is 48.5 Å². The molecule has 2 N–H and O–H groups in total. The van der Waals surface area contributed by atoms with Crippen LogP contribution in [0, 0.1) is 5.82 Å². The summed E-state index contributed by atoms with van der Waals surface area (Å²) >= 11 is 0. The summed E-state index contributed by atoms with van der Waals surface area (Å²) in [6.45, 7) is 1.43. The van der Waals surface area contributed by atoms with Gasteiger partial charge in [0.2, 0.25) is 0 Å². The zero-order valence-electron chi connectivity index (χ0n) is 11.5. The van der Waals surface area contributed by atoms with Gasteiger partial charge in [0.25, 0.3) is 5.91 Å². The van der Waals surface area contributed by atoms with Crippen LogP contribution >= 0.6 is 0 Å². The molecule has 0 aromatic heterocycles. The molecule has 0 aliphatic rings. The van der Waals surface area contributed by atoms with E-state index in [1.54, 1.807) is 31.2 Å². The lowest BCUT2D eigenvalue weighted by Gasteiger charge is -2.16. The average Bonchev–Trinajstić information content (AvgIpc) is 2.50. The predicted octanol–water partition coefficient (Wildman–Crippen LogP) is 2.72. The number of nitrogens with one attached hydrogen (secondary N) is 1. The largest absolute Gasteiger partial charge is 0.481 e. The van der Waals surface area contributed by atoms with Crippen LogP contribution in [0.4, 0.5) is 10.1 Å². The zero-order chi connectivity index (χ0) is 15.2. The Labute approximate surface area is 122 Å². The fourth-order valence-electron chi connectivity index (χ4n) is 1.79. The molecule has 1 amide bonds. The topological polar surface area (TPSA) is 58.6 Å². The number of para-hydroxylation sites is 1. The van der Waals surface area contributed by atoms with Gasteiger partial charge in [0.1, 0.15) is 11.6 Å². The highest BCUT2D eigenvalue weighted by molar-refractivity contribution is 5.94. The number of amides is 1. The first kappa shape index (κ1) is 15.0. The molecule has 0 radical (unpaired) electrons. The van der Waals surface area contributed by atoms with Gasteiger partial charge in [-0.3, -0.25) is 4.79 Å². The smallest absolute Gasteiger partial charge is 0.265 e. The van der Waals surface area contributed by atoms with Crippen molar-refractivity contribution in [2.24, 2.45) is 0 Å². The summed E-state index contributed by atoms with van der Waals surface area (Å²) in [5.41, 5.74) is 1.17. The Hall–Kier alpha value is -2.40. The van der Waals surface area contributed by atoms with E-state index >= 15 is 0 Å².